The van der Waals surface area contributed by atoms with Gasteiger partial charge in [-0.05, 0) is 148 Å². The van der Waals surface area contributed by atoms with Gasteiger partial charge in [-0.2, -0.15) is 0 Å². The number of carbonyl (C=O) groups is 3. The van der Waals surface area contributed by atoms with E-state index in [2.05, 4.69) is 68.5 Å². The summed E-state index contributed by atoms with van der Waals surface area (Å²) in [5.74, 6) is 1.88. The van der Waals surface area contributed by atoms with Crippen molar-refractivity contribution in [1.29, 1.82) is 0 Å². The van der Waals surface area contributed by atoms with Crippen LogP contribution in [0.2, 0.25) is 0 Å². The van der Waals surface area contributed by atoms with Gasteiger partial charge in [0.15, 0.2) is 18.7 Å². The Morgan fingerprint density at radius 2 is 1.35 bits per heavy atom. The highest BCUT2D eigenvalue weighted by Crippen LogP contribution is 2.78. The quantitative estimate of drug-likeness (QED) is 0.0691. The monoisotopic (exact) mass is 867 g/mol. The standard InChI is InChI=1S/C52H82O10/c1-16-48(12)39-20-23-51(15)40(18-17-38-42-37(28(2)3)19-24-52(42,26-25-50(38,51)14)33(8)58-34(9)53)49(39,13)22-21-41(48)61-46-44(30(5)29(4)27-56-46)62-47-45(60-36(11)55)43(59-35(10)54)31(6)32(7)57-47/h29-32,37-47H,2,8,16-27H2,1,3-7,9-15H3/t29-,30-,31-,32-,37?,38?,39-,40?,41-,42?,43+,44+,45+,46-,47-,48-,49-,50+,51+,52+/m0/s1. The molecule has 7 aliphatic rings. The average Bonchev–Trinajstić information content (AvgIpc) is 3.60. The molecule has 62 heavy (non-hydrogen) atoms. The van der Waals surface area contributed by atoms with E-state index in [0.717, 1.165) is 51.4 Å². The van der Waals surface area contributed by atoms with Gasteiger partial charge in [-0.3, -0.25) is 14.4 Å². The molecular formula is C52H82O10. The molecular weight excluding hydrogens is 785 g/mol. The molecule has 4 unspecified atom stereocenters. The highest BCUT2D eigenvalue weighted by Gasteiger charge is 2.72. The predicted octanol–water partition coefficient (Wildman–Crippen LogP) is 10.8. The lowest BCUT2D eigenvalue weighted by Crippen LogP contribution is -2.67. The number of esters is 3. The van der Waals surface area contributed by atoms with Crippen molar-refractivity contribution in [2.75, 3.05) is 6.61 Å². The second-order valence-electron chi connectivity index (χ2n) is 22.7. The van der Waals surface area contributed by atoms with Crippen molar-refractivity contribution in [2.24, 2.45) is 74.4 Å². The van der Waals surface area contributed by atoms with Gasteiger partial charge < -0.3 is 33.2 Å². The average molecular weight is 867 g/mol. The summed E-state index contributed by atoms with van der Waals surface area (Å²) in [6, 6.07) is 0. The summed E-state index contributed by atoms with van der Waals surface area (Å²) in [6.07, 6.45) is 7.86. The molecule has 2 heterocycles. The molecule has 7 rings (SSSR count). The molecule has 0 radical (unpaired) electrons. The SMILES string of the molecule is C=C(C)C1CC[C@]2(C(=C)OC(C)=O)CC[C@]3(C)C(CCC4[C@@]5(C)CC[C@H](O[C@@H]6OC[C@H](C)[C@H](C)[C@H]6O[C@@H]6O[C@@H](C)[C@H](C)[C@@H](OC(C)=O)[C@H]6OC(C)=O)[C@@](C)(CC)[C@@H]5CC[C@]43C)C12. The minimum atomic E-state index is -0.971. The van der Waals surface area contributed by atoms with Crippen LogP contribution < -0.4 is 0 Å². The summed E-state index contributed by atoms with van der Waals surface area (Å²) in [7, 11) is 0. The van der Waals surface area contributed by atoms with Crippen LogP contribution in [-0.2, 0) is 47.5 Å². The fourth-order valence-electron chi connectivity index (χ4n) is 16.0. The van der Waals surface area contributed by atoms with E-state index in [1.165, 1.54) is 45.6 Å². The van der Waals surface area contributed by atoms with Crippen molar-refractivity contribution in [2.45, 2.75) is 204 Å². The van der Waals surface area contributed by atoms with Gasteiger partial charge in [-0.1, -0.05) is 74.1 Å². The Bertz CT molecular complexity index is 1740. The Morgan fingerprint density at radius 3 is 1.98 bits per heavy atom. The van der Waals surface area contributed by atoms with Crippen molar-refractivity contribution >= 4 is 17.9 Å². The largest absolute Gasteiger partial charge is 0.458 e. The zero-order chi connectivity index (χ0) is 45.5. The minimum absolute atomic E-state index is 0.0414. The number of ether oxygens (including phenoxy) is 7. The van der Waals surface area contributed by atoms with E-state index in [4.69, 9.17) is 33.2 Å². The molecule has 7 fully saturated rings. The number of hydrogen-bond acceptors (Lipinski definition) is 10. The van der Waals surface area contributed by atoms with E-state index in [-0.39, 0.29) is 63.0 Å². The lowest BCUT2D eigenvalue weighted by molar-refractivity contribution is -0.353. The third kappa shape index (κ3) is 7.56. The van der Waals surface area contributed by atoms with Crippen molar-refractivity contribution in [3.63, 3.8) is 0 Å². The summed E-state index contributed by atoms with van der Waals surface area (Å²) in [5, 5.41) is 0. The van der Waals surface area contributed by atoms with Crippen LogP contribution in [0.3, 0.4) is 0 Å². The van der Waals surface area contributed by atoms with E-state index in [1.54, 1.807) is 0 Å². The van der Waals surface area contributed by atoms with E-state index >= 15 is 0 Å². The molecule has 5 saturated carbocycles. The molecule has 20 atom stereocenters. The maximum Gasteiger partial charge on any atom is 0.307 e. The first-order valence-electron chi connectivity index (χ1n) is 24.4. The minimum Gasteiger partial charge on any atom is -0.458 e. The molecule has 0 amide bonds. The maximum absolute atomic E-state index is 12.5. The molecule has 2 aliphatic heterocycles. The van der Waals surface area contributed by atoms with Crippen LogP contribution in [0, 0.1) is 74.4 Å². The van der Waals surface area contributed by atoms with Gasteiger partial charge in [0.2, 0.25) is 0 Å². The maximum atomic E-state index is 12.5. The van der Waals surface area contributed by atoms with Gasteiger partial charge in [0.05, 0.1) is 18.8 Å². The first-order chi connectivity index (χ1) is 29.0. The summed E-state index contributed by atoms with van der Waals surface area (Å²) < 4.78 is 44.8. The molecule has 10 nitrogen and oxygen atoms in total. The van der Waals surface area contributed by atoms with Gasteiger partial charge in [0, 0.05) is 32.1 Å². The molecule has 2 saturated heterocycles. The Kier molecular flexibility index (Phi) is 13.2. The fourth-order valence-corrected chi connectivity index (χ4v) is 16.0. The Balaban J connectivity index is 1.14. The van der Waals surface area contributed by atoms with Gasteiger partial charge in [-0.15, -0.1) is 0 Å². The molecule has 0 aromatic carbocycles. The fraction of sp³-hybridized carbons (Fsp3) is 0.865. The lowest BCUT2D eigenvalue weighted by atomic mass is 9.32. The highest BCUT2D eigenvalue weighted by atomic mass is 16.8. The van der Waals surface area contributed by atoms with Gasteiger partial charge in [-0.25, -0.2) is 0 Å². The summed E-state index contributed by atoms with van der Waals surface area (Å²) >= 11 is 0. The topological polar surface area (TPSA) is 116 Å². The lowest BCUT2D eigenvalue weighted by Gasteiger charge is -2.73. The van der Waals surface area contributed by atoms with Crippen LogP contribution in [0.15, 0.2) is 24.5 Å². The first kappa shape index (κ1) is 47.7. The second kappa shape index (κ2) is 17.2. The molecule has 350 valence electrons. The van der Waals surface area contributed by atoms with E-state index in [1.807, 2.05) is 13.8 Å². The molecule has 10 heteroatoms. The second-order valence-corrected chi connectivity index (χ2v) is 22.7. The van der Waals surface area contributed by atoms with E-state index in [0.29, 0.717) is 42.0 Å². The summed E-state index contributed by atoms with van der Waals surface area (Å²) in [5.41, 5.74) is 1.43. The number of allylic oxidation sites excluding steroid dienone is 2. The van der Waals surface area contributed by atoms with Gasteiger partial charge in [0.25, 0.3) is 0 Å². The smallest absolute Gasteiger partial charge is 0.307 e. The zero-order valence-electron chi connectivity index (χ0n) is 40.6. The Labute approximate surface area is 373 Å². The van der Waals surface area contributed by atoms with Crippen molar-refractivity contribution < 1.29 is 47.5 Å². The van der Waals surface area contributed by atoms with Crippen LogP contribution in [0.4, 0.5) is 0 Å². The third-order valence-electron chi connectivity index (χ3n) is 20.0. The molecule has 0 bridgehead atoms. The van der Waals surface area contributed by atoms with Gasteiger partial charge in [0.1, 0.15) is 18.0 Å². The number of rotatable bonds is 10. The van der Waals surface area contributed by atoms with Crippen molar-refractivity contribution in [1.82, 2.24) is 0 Å². The normalized spacial score (nSPS) is 49.9. The predicted molar refractivity (Wildman–Crippen MR) is 237 cm³/mol. The number of fused-ring (bicyclic) bond motifs is 7. The van der Waals surface area contributed by atoms with E-state index < -0.39 is 42.8 Å². The van der Waals surface area contributed by atoms with Gasteiger partial charge >= 0.3 is 17.9 Å². The van der Waals surface area contributed by atoms with Crippen molar-refractivity contribution in [3.8, 4) is 0 Å². The molecule has 0 aromatic heterocycles. The van der Waals surface area contributed by atoms with Crippen LogP contribution >= 0.6 is 0 Å². The molecule has 0 spiro atoms. The number of carbonyl (C=O) groups excluding carboxylic acids is 3. The Morgan fingerprint density at radius 1 is 0.677 bits per heavy atom. The van der Waals surface area contributed by atoms with E-state index in [9.17, 15) is 14.4 Å². The molecule has 5 aliphatic carbocycles. The Hall–Kier alpha value is -2.27. The summed E-state index contributed by atoms with van der Waals surface area (Å²) in [4.78, 5) is 37.1. The highest BCUT2D eigenvalue weighted by molar-refractivity contribution is 5.68. The van der Waals surface area contributed by atoms with Crippen LogP contribution in [0.25, 0.3) is 0 Å². The number of hydrogen-bond donors (Lipinski definition) is 0. The van der Waals surface area contributed by atoms with Crippen LogP contribution in [-0.4, -0.2) is 67.6 Å². The summed E-state index contributed by atoms with van der Waals surface area (Å²) in [6.45, 7) is 37.0. The first-order valence-corrected chi connectivity index (χ1v) is 24.4. The zero-order valence-corrected chi connectivity index (χ0v) is 40.6. The van der Waals surface area contributed by atoms with Crippen LogP contribution in [0.1, 0.15) is 161 Å². The molecule has 0 aromatic rings. The molecule has 0 N–H and O–H groups in total. The van der Waals surface area contributed by atoms with Crippen molar-refractivity contribution in [3.05, 3.63) is 24.5 Å². The third-order valence-corrected chi connectivity index (χ3v) is 20.0. The van der Waals surface area contributed by atoms with Crippen LogP contribution in [0.5, 0.6) is 0 Å².